The van der Waals surface area contributed by atoms with E-state index in [1.165, 1.54) is 18.3 Å². The van der Waals surface area contributed by atoms with E-state index in [-0.39, 0.29) is 16.6 Å². The molecule has 19 heavy (non-hydrogen) atoms. The fraction of sp³-hybridized carbons (Fsp3) is 0.273. The van der Waals surface area contributed by atoms with Crippen molar-refractivity contribution in [3.8, 4) is 0 Å². The Balaban J connectivity index is 2.16. The van der Waals surface area contributed by atoms with Gasteiger partial charge in [0.1, 0.15) is 5.15 Å². The number of rotatable bonds is 4. The third kappa shape index (κ3) is 3.31. The van der Waals surface area contributed by atoms with Gasteiger partial charge < -0.3 is 0 Å². The minimum atomic E-state index is -3.60. The molecular weight excluding hydrogens is 288 g/mol. The van der Waals surface area contributed by atoms with Crippen LogP contribution < -0.4 is 4.72 Å². The van der Waals surface area contributed by atoms with Crippen LogP contribution in [0, 0.1) is 6.92 Å². The molecule has 2 aromatic heterocycles. The van der Waals surface area contributed by atoms with Crippen molar-refractivity contribution in [2.24, 2.45) is 7.05 Å². The lowest BCUT2D eigenvalue weighted by molar-refractivity contribution is 0.581. The van der Waals surface area contributed by atoms with E-state index in [1.54, 1.807) is 17.9 Å². The maximum absolute atomic E-state index is 12.1. The molecular formula is C11H13ClN4O2S. The summed E-state index contributed by atoms with van der Waals surface area (Å²) < 4.78 is 28.2. The lowest BCUT2D eigenvalue weighted by Gasteiger charge is -2.06. The van der Waals surface area contributed by atoms with Crippen LogP contribution in [0.5, 0.6) is 0 Å². The van der Waals surface area contributed by atoms with Crippen molar-refractivity contribution < 1.29 is 8.42 Å². The fourth-order valence-corrected chi connectivity index (χ4v) is 2.89. The van der Waals surface area contributed by atoms with E-state index < -0.39 is 10.0 Å². The summed E-state index contributed by atoms with van der Waals surface area (Å²) in [6.07, 6.45) is 3.13. The van der Waals surface area contributed by atoms with E-state index in [2.05, 4.69) is 14.8 Å². The number of pyridine rings is 1. The normalized spacial score (nSPS) is 11.7. The van der Waals surface area contributed by atoms with Crippen molar-refractivity contribution in [1.82, 2.24) is 19.5 Å². The average molecular weight is 301 g/mol. The average Bonchev–Trinajstić information content (AvgIpc) is 2.65. The highest BCUT2D eigenvalue weighted by molar-refractivity contribution is 7.89. The second kappa shape index (κ2) is 5.28. The van der Waals surface area contributed by atoms with E-state index in [0.717, 1.165) is 11.3 Å². The first-order valence-corrected chi connectivity index (χ1v) is 7.35. The molecule has 0 unspecified atom stereocenters. The first-order chi connectivity index (χ1) is 8.88. The molecule has 102 valence electrons. The van der Waals surface area contributed by atoms with Crippen LogP contribution in [-0.4, -0.2) is 23.2 Å². The van der Waals surface area contributed by atoms with Crippen molar-refractivity contribution >= 4 is 21.6 Å². The Bertz CT molecular complexity index is 696. The van der Waals surface area contributed by atoms with Crippen LogP contribution >= 0.6 is 11.6 Å². The first kappa shape index (κ1) is 14.0. The SMILES string of the molecule is Cc1nn(C)cc1CNS(=O)(=O)c1ccnc(Cl)c1. The number of hydrogen-bond donors (Lipinski definition) is 1. The fourth-order valence-electron chi connectivity index (χ4n) is 1.63. The summed E-state index contributed by atoms with van der Waals surface area (Å²) in [7, 11) is -1.81. The van der Waals surface area contributed by atoms with Crippen LogP contribution in [0.3, 0.4) is 0 Å². The molecule has 2 rings (SSSR count). The van der Waals surface area contributed by atoms with Gasteiger partial charge in [0.05, 0.1) is 10.6 Å². The number of nitrogens with one attached hydrogen (secondary N) is 1. The van der Waals surface area contributed by atoms with Gasteiger partial charge >= 0.3 is 0 Å². The first-order valence-electron chi connectivity index (χ1n) is 5.49. The van der Waals surface area contributed by atoms with Crippen LogP contribution in [0.2, 0.25) is 5.15 Å². The summed E-state index contributed by atoms with van der Waals surface area (Å²) in [6, 6.07) is 2.70. The van der Waals surface area contributed by atoms with Crippen LogP contribution in [0.25, 0.3) is 0 Å². The van der Waals surface area contributed by atoms with Crippen molar-refractivity contribution in [2.45, 2.75) is 18.4 Å². The van der Waals surface area contributed by atoms with Gasteiger partial charge in [0.25, 0.3) is 0 Å². The molecule has 0 radical (unpaired) electrons. The predicted molar refractivity (Wildman–Crippen MR) is 71.2 cm³/mol. The molecule has 0 bridgehead atoms. The summed E-state index contributed by atoms with van der Waals surface area (Å²) >= 11 is 5.68. The number of aryl methyl sites for hydroxylation is 2. The zero-order valence-corrected chi connectivity index (χ0v) is 12.0. The van der Waals surface area contributed by atoms with E-state index in [9.17, 15) is 8.42 Å². The Labute approximate surface area is 116 Å². The van der Waals surface area contributed by atoms with Crippen molar-refractivity contribution in [1.29, 1.82) is 0 Å². The van der Waals surface area contributed by atoms with Gasteiger partial charge in [-0.1, -0.05) is 11.6 Å². The molecule has 8 heteroatoms. The molecule has 0 saturated heterocycles. The van der Waals surface area contributed by atoms with Gasteiger partial charge in [0.2, 0.25) is 10.0 Å². The van der Waals surface area contributed by atoms with Gasteiger partial charge in [-0.3, -0.25) is 4.68 Å². The number of halogens is 1. The van der Waals surface area contributed by atoms with Crippen LogP contribution in [0.4, 0.5) is 0 Å². The van der Waals surface area contributed by atoms with Gasteiger partial charge in [-0.05, 0) is 19.1 Å². The van der Waals surface area contributed by atoms with E-state index >= 15 is 0 Å². The summed E-state index contributed by atoms with van der Waals surface area (Å²) in [5.74, 6) is 0. The van der Waals surface area contributed by atoms with Gasteiger partial charge in [-0.2, -0.15) is 5.10 Å². The number of aromatic nitrogens is 3. The summed E-state index contributed by atoms with van der Waals surface area (Å²) in [5, 5.41) is 4.29. The molecule has 2 aromatic rings. The van der Waals surface area contributed by atoms with Gasteiger partial charge in [0.15, 0.2) is 0 Å². The highest BCUT2D eigenvalue weighted by Crippen LogP contribution is 2.13. The number of hydrogen-bond acceptors (Lipinski definition) is 4. The van der Waals surface area contributed by atoms with E-state index in [1.807, 2.05) is 6.92 Å². The molecule has 0 atom stereocenters. The van der Waals surface area contributed by atoms with Gasteiger partial charge in [-0.15, -0.1) is 0 Å². The van der Waals surface area contributed by atoms with Gasteiger partial charge in [-0.25, -0.2) is 18.1 Å². The second-order valence-electron chi connectivity index (χ2n) is 4.05. The lowest BCUT2D eigenvalue weighted by atomic mass is 10.3. The summed E-state index contributed by atoms with van der Waals surface area (Å²) in [5.41, 5.74) is 1.61. The van der Waals surface area contributed by atoms with E-state index in [0.29, 0.717) is 0 Å². The Morgan fingerprint density at radius 2 is 2.21 bits per heavy atom. The molecule has 2 heterocycles. The third-order valence-electron chi connectivity index (χ3n) is 2.58. The van der Waals surface area contributed by atoms with Gasteiger partial charge in [0, 0.05) is 31.5 Å². The molecule has 6 nitrogen and oxygen atoms in total. The minimum absolute atomic E-state index is 0.0917. The molecule has 0 aliphatic rings. The third-order valence-corrected chi connectivity index (χ3v) is 4.18. The molecule has 0 fully saturated rings. The van der Waals surface area contributed by atoms with Crippen molar-refractivity contribution in [3.05, 3.63) is 40.9 Å². The molecule has 0 spiro atoms. The highest BCUT2D eigenvalue weighted by Gasteiger charge is 2.15. The smallest absolute Gasteiger partial charge is 0.241 e. The second-order valence-corrected chi connectivity index (χ2v) is 6.21. The Kier molecular flexibility index (Phi) is 3.88. The maximum atomic E-state index is 12.1. The van der Waals surface area contributed by atoms with Crippen LogP contribution in [0.15, 0.2) is 29.4 Å². The zero-order valence-electron chi connectivity index (χ0n) is 10.5. The predicted octanol–water partition coefficient (Wildman–Crippen LogP) is 1.26. The number of sulfonamides is 1. The Hall–Kier alpha value is -1.44. The molecule has 0 amide bonds. The van der Waals surface area contributed by atoms with Crippen LogP contribution in [-0.2, 0) is 23.6 Å². The molecule has 1 N–H and O–H groups in total. The van der Waals surface area contributed by atoms with Crippen LogP contribution in [0.1, 0.15) is 11.3 Å². The number of nitrogens with zero attached hydrogens (tertiary/aromatic N) is 3. The van der Waals surface area contributed by atoms with Crippen molar-refractivity contribution in [2.75, 3.05) is 0 Å². The zero-order chi connectivity index (χ0) is 14.0. The molecule has 0 aromatic carbocycles. The molecule has 0 saturated carbocycles. The standard InChI is InChI=1S/C11H13ClN4O2S/c1-8-9(7-16(2)15-8)6-14-19(17,18)10-3-4-13-11(12)5-10/h3-5,7,14H,6H2,1-2H3. The topological polar surface area (TPSA) is 76.9 Å². The maximum Gasteiger partial charge on any atom is 0.241 e. The minimum Gasteiger partial charge on any atom is -0.275 e. The lowest BCUT2D eigenvalue weighted by Crippen LogP contribution is -2.23. The molecule has 0 aliphatic heterocycles. The monoisotopic (exact) mass is 300 g/mol. The summed E-state index contributed by atoms with van der Waals surface area (Å²) in [6.45, 7) is 2.01. The Morgan fingerprint density at radius 1 is 1.47 bits per heavy atom. The summed E-state index contributed by atoms with van der Waals surface area (Å²) in [4.78, 5) is 3.84. The largest absolute Gasteiger partial charge is 0.275 e. The van der Waals surface area contributed by atoms with Crippen molar-refractivity contribution in [3.63, 3.8) is 0 Å². The molecule has 0 aliphatic carbocycles. The van der Waals surface area contributed by atoms with E-state index in [4.69, 9.17) is 11.6 Å². The Morgan fingerprint density at radius 3 is 2.79 bits per heavy atom. The quantitative estimate of drug-likeness (QED) is 0.862. The highest BCUT2D eigenvalue weighted by atomic mass is 35.5.